The lowest BCUT2D eigenvalue weighted by Crippen LogP contribution is -2.49. The predicted molar refractivity (Wildman–Crippen MR) is 112 cm³/mol. The van der Waals surface area contributed by atoms with E-state index >= 15 is 0 Å². The van der Waals surface area contributed by atoms with Crippen LogP contribution in [-0.2, 0) is 0 Å². The van der Waals surface area contributed by atoms with Crippen LogP contribution in [0.1, 0.15) is 63.7 Å². The molecule has 4 aliphatic rings. The molecule has 0 aromatic carbocycles. The van der Waals surface area contributed by atoms with Gasteiger partial charge in [0, 0.05) is 4.88 Å². The number of hydrogen-bond acceptors (Lipinski definition) is 3. The van der Waals surface area contributed by atoms with E-state index in [-0.39, 0.29) is 6.10 Å². The van der Waals surface area contributed by atoms with Crippen molar-refractivity contribution in [2.75, 3.05) is 7.11 Å². The molecule has 5 rings (SSSR count). The third-order valence-electron chi connectivity index (χ3n) is 8.71. The highest BCUT2D eigenvalue weighted by Gasteiger charge is 2.56. The molecule has 0 saturated heterocycles. The van der Waals surface area contributed by atoms with Crippen LogP contribution in [0.5, 0.6) is 5.06 Å². The normalized spacial score (nSPS) is 43.3. The molecule has 0 bridgehead atoms. The molecule has 0 unspecified atom stereocenters. The first kappa shape index (κ1) is 18.0. The van der Waals surface area contributed by atoms with E-state index in [0.717, 1.165) is 35.7 Å². The minimum atomic E-state index is -0.108. The summed E-state index contributed by atoms with van der Waals surface area (Å²) in [6, 6.07) is 4.38. The van der Waals surface area contributed by atoms with E-state index in [1.807, 2.05) is 0 Å². The zero-order valence-corrected chi connectivity index (χ0v) is 17.6. The fourth-order valence-corrected chi connectivity index (χ4v) is 8.16. The predicted octanol–water partition coefficient (Wildman–Crippen LogP) is 6.07. The maximum absolute atomic E-state index is 10.2. The number of hydrogen-bond donors (Lipinski definition) is 1. The third-order valence-corrected chi connectivity index (χ3v) is 9.79. The van der Waals surface area contributed by atoms with Gasteiger partial charge in [0.1, 0.15) is 0 Å². The minimum absolute atomic E-state index is 0.108. The summed E-state index contributed by atoms with van der Waals surface area (Å²) in [6.07, 6.45) is 13.1. The molecule has 1 aromatic rings. The van der Waals surface area contributed by atoms with E-state index in [2.05, 4.69) is 38.1 Å². The van der Waals surface area contributed by atoms with Crippen molar-refractivity contribution < 1.29 is 9.84 Å². The number of thiophene rings is 1. The number of fused-ring (bicyclic) bond motifs is 5. The van der Waals surface area contributed by atoms with Gasteiger partial charge in [-0.05, 0) is 91.2 Å². The van der Waals surface area contributed by atoms with Gasteiger partial charge in [0.15, 0.2) is 5.06 Å². The lowest BCUT2D eigenvalue weighted by molar-refractivity contribution is -0.0237. The van der Waals surface area contributed by atoms with Gasteiger partial charge in [-0.25, -0.2) is 0 Å². The van der Waals surface area contributed by atoms with E-state index in [9.17, 15) is 5.11 Å². The number of ether oxygens (including phenoxy) is 1. The Hall–Kier alpha value is -1.06. The van der Waals surface area contributed by atoms with E-state index in [1.54, 1.807) is 29.6 Å². The van der Waals surface area contributed by atoms with Gasteiger partial charge in [0.25, 0.3) is 0 Å². The van der Waals surface area contributed by atoms with Gasteiger partial charge in [-0.1, -0.05) is 42.9 Å². The first-order valence-electron chi connectivity index (χ1n) is 10.7. The Morgan fingerprint density at radius 2 is 1.85 bits per heavy atom. The average molecular weight is 385 g/mol. The maximum Gasteiger partial charge on any atom is 0.173 e. The number of aliphatic hydroxyl groups excluding tert-OH is 1. The largest absolute Gasteiger partial charge is 0.487 e. The van der Waals surface area contributed by atoms with Crippen molar-refractivity contribution >= 4 is 16.9 Å². The topological polar surface area (TPSA) is 29.5 Å². The van der Waals surface area contributed by atoms with Crippen LogP contribution in [0.4, 0.5) is 0 Å². The zero-order chi connectivity index (χ0) is 18.8. The fourth-order valence-electron chi connectivity index (χ4n) is 7.17. The minimum Gasteiger partial charge on any atom is -0.487 e. The Kier molecular flexibility index (Phi) is 4.15. The van der Waals surface area contributed by atoms with Gasteiger partial charge in [0.05, 0.1) is 13.2 Å². The van der Waals surface area contributed by atoms with Gasteiger partial charge in [0.2, 0.25) is 0 Å². The highest BCUT2D eigenvalue weighted by Crippen LogP contribution is 2.66. The summed E-state index contributed by atoms with van der Waals surface area (Å²) >= 11 is 1.80. The van der Waals surface area contributed by atoms with E-state index in [4.69, 9.17) is 4.74 Å². The van der Waals surface area contributed by atoms with Gasteiger partial charge in [-0.2, -0.15) is 0 Å². The Labute approximate surface area is 167 Å². The Balaban J connectivity index is 1.45. The number of methoxy groups -OCH3 is 1. The molecule has 0 spiro atoms. The summed E-state index contributed by atoms with van der Waals surface area (Å²) in [5.74, 6) is 2.36. The smallest absolute Gasteiger partial charge is 0.173 e. The molecule has 0 amide bonds. The lowest BCUT2D eigenvalue weighted by atomic mass is 9.47. The summed E-state index contributed by atoms with van der Waals surface area (Å²) in [5.41, 5.74) is 3.80. The summed E-state index contributed by atoms with van der Waals surface area (Å²) in [5, 5.41) is 11.2. The molecule has 0 radical (unpaired) electrons. The van der Waals surface area contributed by atoms with Crippen molar-refractivity contribution in [1.29, 1.82) is 0 Å². The van der Waals surface area contributed by atoms with Crippen LogP contribution in [0.25, 0.3) is 5.57 Å². The van der Waals surface area contributed by atoms with Crippen molar-refractivity contribution in [3.05, 3.63) is 34.7 Å². The zero-order valence-electron chi connectivity index (χ0n) is 16.8. The molecule has 4 aliphatic carbocycles. The van der Waals surface area contributed by atoms with Gasteiger partial charge >= 0.3 is 0 Å². The Morgan fingerprint density at radius 3 is 2.63 bits per heavy atom. The second-order valence-electron chi connectivity index (χ2n) is 9.79. The van der Waals surface area contributed by atoms with Crippen LogP contribution in [0, 0.1) is 28.6 Å². The van der Waals surface area contributed by atoms with Crippen LogP contribution in [0.2, 0.25) is 0 Å². The van der Waals surface area contributed by atoms with Crippen molar-refractivity contribution in [2.24, 2.45) is 28.6 Å². The molecule has 1 N–H and O–H groups in total. The standard InChI is InChI=1S/C24H32O2S/c1-23-12-10-16(25)14-15(23)4-5-17-18-6-7-20(21-8-9-22(26-3)27-21)24(18,2)13-11-19(17)23/h4,7-9,16-19,25H,5-6,10-14H2,1-3H3/t16-,17-,18-,19-,23-,24-/m0/s1. The van der Waals surface area contributed by atoms with E-state index in [0.29, 0.717) is 10.8 Å². The third kappa shape index (κ3) is 2.54. The maximum atomic E-state index is 10.2. The van der Waals surface area contributed by atoms with Crippen molar-refractivity contribution in [1.82, 2.24) is 0 Å². The second-order valence-corrected chi connectivity index (χ2v) is 10.8. The van der Waals surface area contributed by atoms with E-state index in [1.165, 1.54) is 37.0 Å². The first-order chi connectivity index (χ1) is 13.0. The molecular formula is C24H32O2S. The second kappa shape index (κ2) is 6.22. The summed E-state index contributed by atoms with van der Waals surface area (Å²) in [4.78, 5) is 1.41. The molecule has 1 heterocycles. The SMILES string of the molecule is COc1ccc(C2=CC[C@H]3[C@@H]4CC=C5C[C@@H](O)CC[C@]5(C)[C@H]4CC[C@]23C)s1. The van der Waals surface area contributed by atoms with Crippen LogP contribution in [0.15, 0.2) is 29.9 Å². The van der Waals surface area contributed by atoms with Gasteiger partial charge in [-0.15, -0.1) is 0 Å². The van der Waals surface area contributed by atoms with Crippen molar-refractivity contribution in [2.45, 2.75) is 64.9 Å². The quantitative estimate of drug-likeness (QED) is 0.627. The molecule has 3 heteroatoms. The molecule has 27 heavy (non-hydrogen) atoms. The lowest BCUT2D eigenvalue weighted by Gasteiger charge is -2.57. The van der Waals surface area contributed by atoms with Crippen LogP contribution < -0.4 is 4.74 Å². The molecule has 6 atom stereocenters. The molecular weight excluding hydrogens is 352 g/mol. The first-order valence-corrected chi connectivity index (χ1v) is 11.5. The molecule has 1 aromatic heterocycles. The monoisotopic (exact) mass is 384 g/mol. The Morgan fingerprint density at radius 1 is 1.04 bits per heavy atom. The van der Waals surface area contributed by atoms with Crippen LogP contribution in [-0.4, -0.2) is 18.3 Å². The summed E-state index contributed by atoms with van der Waals surface area (Å²) in [6.45, 7) is 5.04. The molecule has 146 valence electrons. The van der Waals surface area contributed by atoms with Crippen LogP contribution in [0.3, 0.4) is 0 Å². The number of rotatable bonds is 2. The van der Waals surface area contributed by atoms with Gasteiger partial charge < -0.3 is 9.84 Å². The molecule has 2 fully saturated rings. The van der Waals surface area contributed by atoms with Crippen molar-refractivity contribution in [3.8, 4) is 5.06 Å². The highest BCUT2D eigenvalue weighted by molar-refractivity contribution is 7.14. The van der Waals surface area contributed by atoms with Crippen LogP contribution >= 0.6 is 11.3 Å². The number of aliphatic hydroxyl groups is 1. The summed E-state index contributed by atoms with van der Waals surface area (Å²) in [7, 11) is 1.77. The summed E-state index contributed by atoms with van der Waals surface area (Å²) < 4.78 is 5.45. The van der Waals surface area contributed by atoms with E-state index < -0.39 is 0 Å². The average Bonchev–Trinajstić information content (AvgIpc) is 3.25. The Bertz CT molecular complexity index is 805. The van der Waals surface area contributed by atoms with Crippen molar-refractivity contribution in [3.63, 3.8) is 0 Å². The highest BCUT2D eigenvalue weighted by atomic mass is 32.1. The molecule has 2 nitrogen and oxygen atoms in total. The number of allylic oxidation sites excluding steroid dienone is 3. The van der Waals surface area contributed by atoms with Gasteiger partial charge in [-0.3, -0.25) is 0 Å². The fraction of sp³-hybridized carbons (Fsp3) is 0.667. The molecule has 0 aliphatic heterocycles. The molecule has 2 saturated carbocycles.